The second-order valence-electron chi connectivity index (χ2n) is 5.90. The van der Waals surface area contributed by atoms with Crippen LogP contribution >= 0.6 is 0 Å². The molecular formula is C17H25NO3. The third-order valence-corrected chi connectivity index (χ3v) is 4.24. The van der Waals surface area contributed by atoms with E-state index in [1.165, 1.54) is 0 Å². The van der Waals surface area contributed by atoms with E-state index in [-0.39, 0.29) is 5.79 Å². The molecule has 0 unspecified atom stereocenters. The lowest BCUT2D eigenvalue weighted by Crippen LogP contribution is -2.39. The molecule has 1 heterocycles. The summed E-state index contributed by atoms with van der Waals surface area (Å²) in [6.45, 7) is 4.38. The Hall–Kier alpha value is -1.26. The topological polar surface area (TPSA) is 39.7 Å². The molecule has 4 heteroatoms. The smallest absolute Gasteiger partial charge is 0.168 e. The molecule has 1 aromatic carbocycles. The van der Waals surface area contributed by atoms with Crippen molar-refractivity contribution in [2.24, 2.45) is 0 Å². The zero-order valence-electron chi connectivity index (χ0n) is 12.8. The van der Waals surface area contributed by atoms with Crippen molar-refractivity contribution in [1.82, 2.24) is 0 Å². The van der Waals surface area contributed by atoms with Crippen LogP contribution in [0.25, 0.3) is 0 Å². The molecule has 0 aromatic heterocycles. The van der Waals surface area contributed by atoms with Gasteiger partial charge in [-0.1, -0.05) is 13.0 Å². The maximum Gasteiger partial charge on any atom is 0.168 e. The highest BCUT2D eigenvalue weighted by Crippen LogP contribution is 2.36. The van der Waals surface area contributed by atoms with Crippen molar-refractivity contribution >= 4 is 5.69 Å². The Morgan fingerprint density at radius 1 is 1.24 bits per heavy atom. The normalized spacial score (nSPS) is 21.6. The molecule has 1 saturated carbocycles. The van der Waals surface area contributed by atoms with Crippen LogP contribution in [-0.2, 0) is 9.47 Å². The van der Waals surface area contributed by atoms with Gasteiger partial charge in [0.1, 0.15) is 5.75 Å². The Morgan fingerprint density at radius 3 is 2.71 bits per heavy atom. The van der Waals surface area contributed by atoms with Gasteiger partial charge in [0, 0.05) is 30.6 Å². The Labute approximate surface area is 126 Å². The molecule has 4 nitrogen and oxygen atoms in total. The van der Waals surface area contributed by atoms with Crippen molar-refractivity contribution in [3.8, 4) is 5.75 Å². The maximum absolute atomic E-state index is 5.77. The van der Waals surface area contributed by atoms with E-state index in [0.29, 0.717) is 6.04 Å². The maximum atomic E-state index is 5.77. The second-order valence-corrected chi connectivity index (χ2v) is 5.90. The van der Waals surface area contributed by atoms with Gasteiger partial charge in [0.05, 0.1) is 19.8 Å². The van der Waals surface area contributed by atoms with Gasteiger partial charge in [0.15, 0.2) is 5.79 Å². The molecule has 2 fully saturated rings. The summed E-state index contributed by atoms with van der Waals surface area (Å²) in [6.07, 6.45) is 5.16. The zero-order valence-corrected chi connectivity index (χ0v) is 12.8. The summed E-state index contributed by atoms with van der Waals surface area (Å²) in [5.41, 5.74) is 1.14. The molecule has 1 saturated heterocycles. The van der Waals surface area contributed by atoms with E-state index in [0.717, 1.165) is 63.4 Å². The number of nitrogens with one attached hydrogen (secondary N) is 1. The Balaban J connectivity index is 1.53. The largest absolute Gasteiger partial charge is 0.494 e. The van der Waals surface area contributed by atoms with Crippen LogP contribution in [0, 0.1) is 0 Å². The van der Waals surface area contributed by atoms with Crippen molar-refractivity contribution in [2.75, 3.05) is 25.1 Å². The summed E-state index contributed by atoms with van der Waals surface area (Å²) in [6, 6.07) is 8.73. The van der Waals surface area contributed by atoms with E-state index in [1.807, 2.05) is 12.1 Å². The van der Waals surface area contributed by atoms with Gasteiger partial charge in [0.2, 0.25) is 0 Å². The lowest BCUT2D eigenvalue weighted by atomic mass is 9.90. The number of rotatable bonds is 5. The summed E-state index contributed by atoms with van der Waals surface area (Å²) in [5.74, 6) is 0.668. The fourth-order valence-corrected chi connectivity index (χ4v) is 3.12. The van der Waals surface area contributed by atoms with E-state index in [2.05, 4.69) is 24.4 Å². The second kappa shape index (κ2) is 6.67. The van der Waals surface area contributed by atoms with E-state index in [1.54, 1.807) is 0 Å². The predicted octanol–water partition coefficient (Wildman–Crippen LogP) is 3.57. The van der Waals surface area contributed by atoms with Gasteiger partial charge >= 0.3 is 0 Å². The van der Waals surface area contributed by atoms with Crippen LogP contribution in [0.2, 0.25) is 0 Å². The first-order valence-corrected chi connectivity index (χ1v) is 8.07. The zero-order chi connectivity index (χ0) is 14.5. The third-order valence-electron chi connectivity index (χ3n) is 4.24. The molecule has 2 aliphatic rings. The van der Waals surface area contributed by atoms with Gasteiger partial charge in [-0.25, -0.2) is 0 Å². The summed E-state index contributed by atoms with van der Waals surface area (Å²) < 4.78 is 17.2. The molecule has 1 N–H and O–H groups in total. The molecule has 116 valence electrons. The van der Waals surface area contributed by atoms with Crippen molar-refractivity contribution in [3.63, 3.8) is 0 Å². The quantitative estimate of drug-likeness (QED) is 0.900. The average molecular weight is 291 g/mol. The Morgan fingerprint density at radius 2 is 2.00 bits per heavy atom. The summed E-state index contributed by atoms with van der Waals surface area (Å²) in [5, 5.41) is 3.61. The van der Waals surface area contributed by atoms with E-state index in [4.69, 9.17) is 14.2 Å². The summed E-state index contributed by atoms with van der Waals surface area (Å²) >= 11 is 0. The molecular weight excluding hydrogens is 266 g/mol. The molecule has 21 heavy (non-hydrogen) atoms. The first-order valence-electron chi connectivity index (χ1n) is 8.07. The van der Waals surface area contributed by atoms with Crippen molar-refractivity contribution in [3.05, 3.63) is 24.3 Å². The van der Waals surface area contributed by atoms with Crippen LogP contribution in [0.1, 0.15) is 39.0 Å². The van der Waals surface area contributed by atoms with E-state index < -0.39 is 0 Å². The highest BCUT2D eigenvalue weighted by molar-refractivity contribution is 5.48. The lowest BCUT2D eigenvalue weighted by molar-refractivity contribution is -0.177. The van der Waals surface area contributed by atoms with Crippen LogP contribution in [-0.4, -0.2) is 31.6 Å². The van der Waals surface area contributed by atoms with Crippen molar-refractivity contribution in [2.45, 2.75) is 50.9 Å². The Bertz CT molecular complexity index is 447. The molecule has 0 atom stereocenters. The lowest BCUT2D eigenvalue weighted by Gasteiger charge is -2.36. The SMILES string of the molecule is CCCOc1cccc(NC2CCC3(CC2)OCCO3)c1. The number of hydrogen-bond acceptors (Lipinski definition) is 4. The van der Waals surface area contributed by atoms with Crippen molar-refractivity contribution < 1.29 is 14.2 Å². The van der Waals surface area contributed by atoms with Gasteiger partial charge in [-0.3, -0.25) is 0 Å². The molecule has 1 aliphatic heterocycles. The van der Waals surface area contributed by atoms with Gasteiger partial charge in [-0.05, 0) is 31.4 Å². The molecule has 1 spiro atoms. The molecule has 3 rings (SSSR count). The first kappa shape index (κ1) is 14.7. The minimum atomic E-state index is -0.274. The number of hydrogen-bond donors (Lipinski definition) is 1. The highest BCUT2D eigenvalue weighted by atomic mass is 16.7. The fraction of sp³-hybridized carbons (Fsp3) is 0.647. The monoisotopic (exact) mass is 291 g/mol. The van der Waals surface area contributed by atoms with Gasteiger partial charge in [-0.15, -0.1) is 0 Å². The number of ether oxygens (including phenoxy) is 3. The van der Waals surface area contributed by atoms with Crippen LogP contribution in [0.5, 0.6) is 5.75 Å². The summed E-state index contributed by atoms with van der Waals surface area (Å²) in [7, 11) is 0. The average Bonchev–Trinajstić information content (AvgIpc) is 2.97. The standard InChI is InChI=1S/C17H25NO3/c1-2-10-19-16-5-3-4-15(13-16)18-14-6-8-17(9-7-14)20-11-12-21-17/h3-5,13-14,18H,2,6-12H2,1H3. The van der Waals surface area contributed by atoms with Gasteiger partial charge in [-0.2, -0.15) is 0 Å². The predicted molar refractivity (Wildman–Crippen MR) is 82.7 cm³/mol. The minimum absolute atomic E-state index is 0.274. The Kier molecular flexibility index (Phi) is 4.66. The number of benzene rings is 1. The van der Waals surface area contributed by atoms with Gasteiger partial charge in [0.25, 0.3) is 0 Å². The molecule has 0 bridgehead atoms. The van der Waals surface area contributed by atoms with Crippen LogP contribution < -0.4 is 10.1 Å². The summed E-state index contributed by atoms with van der Waals surface area (Å²) in [4.78, 5) is 0. The van der Waals surface area contributed by atoms with Crippen LogP contribution in [0.15, 0.2) is 24.3 Å². The molecule has 0 radical (unpaired) electrons. The van der Waals surface area contributed by atoms with Gasteiger partial charge < -0.3 is 19.5 Å². The highest BCUT2D eigenvalue weighted by Gasteiger charge is 2.40. The third kappa shape index (κ3) is 3.69. The first-order chi connectivity index (χ1) is 10.3. The molecule has 1 aliphatic carbocycles. The molecule has 0 amide bonds. The van der Waals surface area contributed by atoms with E-state index in [9.17, 15) is 0 Å². The minimum Gasteiger partial charge on any atom is -0.494 e. The van der Waals surface area contributed by atoms with Crippen molar-refractivity contribution in [1.29, 1.82) is 0 Å². The number of anilines is 1. The van der Waals surface area contributed by atoms with Crippen LogP contribution in [0.3, 0.4) is 0 Å². The fourth-order valence-electron chi connectivity index (χ4n) is 3.12. The van der Waals surface area contributed by atoms with Crippen LogP contribution in [0.4, 0.5) is 5.69 Å². The van der Waals surface area contributed by atoms with E-state index >= 15 is 0 Å². The molecule has 1 aromatic rings.